The fourth-order valence-corrected chi connectivity index (χ4v) is 2.56. The van der Waals surface area contributed by atoms with E-state index in [0.29, 0.717) is 11.1 Å². The highest BCUT2D eigenvalue weighted by molar-refractivity contribution is 6.39. The number of carboxylic acids is 1. The van der Waals surface area contributed by atoms with Gasteiger partial charge in [-0.3, -0.25) is 9.79 Å². The molecule has 0 unspecified atom stereocenters. The van der Waals surface area contributed by atoms with E-state index in [-0.39, 0.29) is 27.8 Å². The molecule has 2 rings (SSSR count). The van der Waals surface area contributed by atoms with Crippen molar-refractivity contribution in [1.82, 2.24) is 0 Å². The Bertz CT molecular complexity index is 922. The van der Waals surface area contributed by atoms with E-state index in [1.807, 2.05) is 6.07 Å². The lowest BCUT2D eigenvalue weighted by Gasteiger charge is -2.14. The summed E-state index contributed by atoms with van der Waals surface area (Å²) in [6.45, 7) is -0.568. The maximum Gasteiger partial charge on any atom is 0.325 e. The van der Waals surface area contributed by atoms with Gasteiger partial charge in [0.1, 0.15) is 18.2 Å². The van der Waals surface area contributed by atoms with E-state index in [1.54, 1.807) is 24.3 Å². The number of nitrogens with two attached hydrogens (primary N) is 3. The maximum atomic E-state index is 13.2. The Morgan fingerprint density at radius 3 is 2.07 bits per heavy atom. The molecule has 0 aliphatic rings. The molecule has 0 heterocycles. The zero-order valence-electron chi connectivity index (χ0n) is 14.2. The summed E-state index contributed by atoms with van der Waals surface area (Å²) >= 11 is 6.45. The third-order valence-corrected chi connectivity index (χ3v) is 4.00. The van der Waals surface area contributed by atoms with Crippen molar-refractivity contribution in [2.24, 2.45) is 22.2 Å². The van der Waals surface area contributed by atoms with Gasteiger partial charge in [-0.1, -0.05) is 41.9 Å². The van der Waals surface area contributed by atoms with Crippen LogP contribution in [0.3, 0.4) is 0 Å². The largest absolute Gasteiger partial charge is 0.480 e. The average Bonchev–Trinajstić information content (AvgIpc) is 2.67. The molecule has 0 fully saturated rings. The van der Waals surface area contributed by atoms with Gasteiger partial charge >= 0.3 is 5.97 Å². The van der Waals surface area contributed by atoms with Gasteiger partial charge in [0.15, 0.2) is 0 Å². The molecule has 0 saturated carbocycles. The minimum atomic E-state index is -1.17. The van der Waals surface area contributed by atoms with Gasteiger partial charge in [0.25, 0.3) is 0 Å². The highest BCUT2D eigenvalue weighted by Crippen LogP contribution is 2.28. The summed E-state index contributed by atoms with van der Waals surface area (Å²) in [4.78, 5) is 14.6. The number of hydrogen-bond donors (Lipinski definition) is 4. The standard InChI is InChI=1S/C19H18ClFN4O2/c20-16(18(23)11-4-2-1-3-5-11)15(19(24)25-10-14(26)27)17(22)12-6-8-13(21)9-7-12/h1-9H,10,22-23H2,(H2,24,25)(H,26,27)/b17-15?,18-16+. The van der Waals surface area contributed by atoms with Crippen LogP contribution in [0.5, 0.6) is 0 Å². The number of amidine groups is 1. The van der Waals surface area contributed by atoms with Crippen molar-refractivity contribution in [3.8, 4) is 0 Å². The second-order valence-electron chi connectivity index (χ2n) is 5.48. The lowest BCUT2D eigenvalue weighted by molar-refractivity contribution is -0.135. The van der Waals surface area contributed by atoms with E-state index < -0.39 is 18.3 Å². The molecule has 0 atom stereocenters. The van der Waals surface area contributed by atoms with E-state index in [4.69, 9.17) is 33.9 Å². The van der Waals surface area contributed by atoms with Crippen LogP contribution in [0, 0.1) is 5.82 Å². The molecule has 0 aliphatic carbocycles. The quantitative estimate of drug-likeness (QED) is 0.343. The smallest absolute Gasteiger partial charge is 0.325 e. The molecule has 0 aliphatic heterocycles. The van der Waals surface area contributed by atoms with Crippen molar-refractivity contribution in [1.29, 1.82) is 0 Å². The van der Waals surface area contributed by atoms with Crippen LogP contribution in [0.1, 0.15) is 11.1 Å². The van der Waals surface area contributed by atoms with Gasteiger partial charge in [-0.05, 0) is 35.4 Å². The van der Waals surface area contributed by atoms with Crippen molar-refractivity contribution in [2.75, 3.05) is 6.54 Å². The molecule has 8 heteroatoms. The summed E-state index contributed by atoms with van der Waals surface area (Å²) in [6, 6.07) is 14.2. The lowest BCUT2D eigenvalue weighted by atomic mass is 10.0. The van der Waals surface area contributed by atoms with Gasteiger partial charge in [0.2, 0.25) is 0 Å². The number of benzene rings is 2. The number of halogens is 2. The van der Waals surface area contributed by atoms with Gasteiger partial charge in [-0.25, -0.2) is 4.39 Å². The van der Waals surface area contributed by atoms with E-state index in [2.05, 4.69) is 4.99 Å². The topological polar surface area (TPSA) is 128 Å². The number of aliphatic carboxylic acids is 1. The molecule has 0 spiro atoms. The van der Waals surface area contributed by atoms with Crippen LogP contribution in [0.2, 0.25) is 0 Å². The molecule has 140 valence electrons. The predicted octanol–water partition coefficient (Wildman–Crippen LogP) is 2.50. The first kappa shape index (κ1) is 20.0. The highest BCUT2D eigenvalue weighted by Gasteiger charge is 2.18. The Labute approximate surface area is 160 Å². The summed E-state index contributed by atoms with van der Waals surface area (Å²) < 4.78 is 13.2. The number of hydrogen-bond acceptors (Lipinski definition) is 4. The van der Waals surface area contributed by atoms with E-state index >= 15 is 0 Å². The van der Waals surface area contributed by atoms with Gasteiger partial charge in [-0.15, -0.1) is 0 Å². The molecule has 0 radical (unpaired) electrons. The summed E-state index contributed by atoms with van der Waals surface area (Å²) in [7, 11) is 0. The number of nitrogens with zero attached hydrogens (tertiary/aromatic N) is 1. The first-order chi connectivity index (χ1) is 12.8. The van der Waals surface area contributed by atoms with Crippen molar-refractivity contribution in [2.45, 2.75) is 0 Å². The van der Waals surface area contributed by atoms with Crippen LogP contribution in [0.25, 0.3) is 11.4 Å². The maximum absolute atomic E-state index is 13.2. The zero-order valence-corrected chi connectivity index (χ0v) is 14.9. The second-order valence-corrected chi connectivity index (χ2v) is 5.86. The van der Waals surface area contributed by atoms with Crippen LogP contribution in [0.15, 0.2) is 70.2 Å². The Morgan fingerprint density at radius 1 is 0.963 bits per heavy atom. The van der Waals surface area contributed by atoms with E-state index in [9.17, 15) is 9.18 Å². The average molecular weight is 389 g/mol. The molecule has 0 bridgehead atoms. The van der Waals surface area contributed by atoms with Crippen LogP contribution < -0.4 is 17.2 Å². The fourth-order valence-electron chi connectivity index (χ4n) is 2.25. The Hall–Kier alpha value is -3.32. The Kier molecular flexibility index (Phi) is 6.56. The molecule has 0 amide bonds. The van der Waals surface area contributed by atoms with Gasteiger partial charge in [-0.2, -0.15) is 0 Å². The van der Waals surface area contributed by atoms with E-state index in [1.165, 1.54) is 24.3 Å². The molecule has 27 heavy (non-hydrogen) atoms. The molecule has 7 N–H and O–H groups in total. The number of carboxylic acid groups (broad SMARTS) is 1. The Balaban J connectivity index is 2.66. The summed E-state index contributed by atoms with van der Waals surface area (Å²) in [5.41, 5.74) is 19.7. The van der Waals surface area contributed by atoms with Gasteiger partial charge in [0, 0.05) is 0 Å². The van der Waals surface area contributed by atoms with Crippen molar-refractivity contribution in [3.63, 3.8) is 0 Å². The monoisotopic (exact) mass is 388 g/mol. The molecular weight excluding hydrogens is 371 g/mol. The number of rotatable bonds is 6. The number of carbonyl (C=O) groups is 1. The fraction of sp³-hybridized carbons (Fsp3) is 0.0526. The molecule has 2 aromatic carbocycles. The summed E-state index contributed by atoms with van der Waals surface area (Å²) in [5.74, 6) is -1.80. The van der Waals surface area contributed by atoms with Crippen LogP contribution in [-0.2, 0) is 4.79 Å². The summed E-state index contributed by atoms with van der Waals surface area (Å²) in [5, 5.41) is 8.84. The first-order valence-electron chi connectivity index (χ1n) is 7.80. The van der Waals surface area contributed by atoms with Crippen molar-refractivity contribution < 1.29 is 14.3 Å². The minimum absolute atomic E-state index is 0.00895. The first-order valence-corrected chi connectivity index (χ1v) is 8.18. The Morgan fingerprint density at radius 2 is 1.52 bits per heavy atom. The number of aliphatic imine (C=N–C) groups is 1. The molecule has 6 nitrogen and oxygen atoms in total. The lowest BCUT2D eigenvalue weighted by Crippen LogP contribution is -2.22. The molecule has 2 aromatic rings. The predicted molar refractivity (Wildman–Crippen MR) is 105 cm³/mol. The molecular formula is C19H18ClFN4O2. The molecule has 0 aromatic heterocycles. The minimum Gasteiger partial charge on any atom is -0.480 e. The van der Waals surface area contributed by atoms with Crippen LogP contribution in [0.4, 0.5) is 4.39 Å². The van der Waals surface area contributed by atoms with E-state index in [0.717, 1.165) is 0 Å². The van der Waals surface area contributed by atoms with Crippen LogP contribution in [-0.4, -0.2) is 23.5 Å². The SMILES string of the molecule is NC(=NCC(=O)O)C(=C(N)c1ccc(F)cc1)/C(Cl)=C(\N)c1ccccc1. The van der Waals surface area contributed by atoms with Gasteiger partial charge < -0.3 is 22.3 Å². The molecule has 0 saturated heterocycles. The van der Waals surface area contributed by atoms with Crippen molar-refractivity contribution in [3.05, 3.63) is 82.1 Å². The van der Waals surface area contributed by atoms with Crippen molar-refractivity contribution >= 4 is 34.8 Å². The highest BCUT2D eigenvalue weighted by atomic mass is 35.5. The zero-order chi connectivity index (χ0) is 20.0. The third-order valence-electron chi connectivity index (χ3n) is 3.61. The van der Waals surface area contributed by atoms with Gasteiger partial charge in [0.05, 0.1) is 22.0 Å². The normalized spacial score (nSPS) is 13.6. The summed E-state index contributed by atoms with van der Waals surface area (Å²) in [6.07, 6.45) is 0. The second kappa shape index (κ2) is 8.86. The third kappa shape index (κ3) is 5.08. The van der Waals surface area contributed by atoms with Crippen LogP contribution >= 0.6 is 11.6 Å².